The summed E-state index contributed by atoms with van der Waals surface area (Å²) in [4.78, 5) is 2.61. The van der Waals surface area contributed by atoms with E-state index in [0.717, 1.165) is 22.6 Å². The SMILES string of the molecule is c1ccc(-c2ccccc2-c2c(-c3ccccc3)cccc2N(c2ccc3c(c2)-c2ccccc2C3(c2ccccc2)c2ccccc2)c2cccc3c2-c2ccccc2C32c3ccccc3-c3ccccc32)cc1. The zero-order valence-electron chi connectivity index (χ0n) is 41.2. The standard InChI is InChI=1S/C74H49N/c1-5-25-50(26-6-1)55-33-13-14-37-60(55)71-56(51-27-7-2-8-28-51)39-23-45-69(71)75(54-47-48-67-62(49-54)59-36-17-19-40-63(59)73(67,52-29-9-3-10-30-52)53-31-11-4-12-32-53)70-46-24-44-68-72(70)61-38-18-22-43-66(61)74(68)64-41-20-15-34-57(64)58-35-16-21-42-65(58)74/h1-49H. The molecule has 0 N–H and O–H groups in total. The molecule has 1 spiro atoms. The summed E-state index contributed by atoms with van der Waals surface area (Å²) in [5.74, 6) is 0. The van der Waals surface area contributed by atoms with Crippen molar-refractivity contribution in [3.63, 3.8) is 0 Å². The van der Waals surface area contributed by atoms with Crippen LogP contribution in [0.25, 0.3) is 66.8 Å². The lowest BCUT2D eigenvalue weighted by atomic mass is 9.68. The van der Waals surface area contributed by atoms with Crippen molar-refractivity contribution in [3.8, 4) is 66.8 Å². The average Bonchev–Trinajstić information content (AvgIpc) is 4.19. The highest BCUT2D eigenvalue weighted by Crippen LogP contribution is 2.66. The normalized spacial score (nSPS) is 13.5. The Bertz CT molecular complexity index is 4090. The fourth-order valence-corrected chi connectivity index (χ4v) is 13.7. The molecule has 1 heteroatoms. The molecule has 0 aromatic heterocycles. The molecule has 0 unspecified atom stereocenters. The van der Waals surface area contributed by atoms with E-state index in [2.05, 4.69) is 302 Å². The predicted octanol–water partition coefficient (Wildman–Crippen LogP) is 18.9. The Balaban J connectivity index is 1.07. The van der Waals surface area contributed by atoms with Gasteiger partial charge in [0.25, 0.3) is 0 Å². The first-order valence-corrected chi connectivity index (χ1v) is 26.2. The van der Waals surface area contributed by atoms with E-state index in [-0.39, 0.29) is 0 Å². The van der Waals surface area contributed by atoms with Crippen molar-refractivity contribution in [2.45, 2.75) is 10.8 Å². The Labute approximate surface area is 439 Å². The van der Waals surface area contributed by atoms with Gasteiger partial charge in [0.2, 0.25) is 0 Å². The van der Waals surface area contributed by atoms with Crippen molar-refractivity contribution >= 4 is 17.1 Å². The lowest BCUT2D eigenvalue weighted by Gasteiger charge is -2.35. The summed E-state index contributed by atoms with van der Waals surface area (Å²) in [6, 6.07) is 111. The average molecular weight is 952 g/mol. The van der Waals surface area contributed by atoms with E-state index in [1.807, 2.05) is 0 Å². The Kier molecular flexibility index (Phi) is 9.77. The van der Waals surface area contributed by atoms with E-state index in [1.165, 1.54) is 106 Å². The summed E-state index contributed by atoms with van der Waals surface area (Å²) in [7, 11) is 0. The zero-order chi connectivity index (χ0) is 49.5. The van der Waals surface area contributed by atoms with Gasteiger partial charge >= 0.3 is 0 Å². The number of benzene rings is 12. The van der Waals surface area contributed by atoms with Gasteiger partial charge in [-0.3, -0.25) is 0 Å². The molecule has 15 rings (SSSR count). The second-order valence-corrected chi connectivity index (χ2v) is 20.2. The molecule has 0 bridgehead atoms. The maximum atomic E-state index is 2.61. The van der Waals surface area contributed by atoms with Crippen molar-refractivity contribution in [2.24, 2.45) is 0 Å². The fourth-order valence-electron chi connectivity index (χ4n) is 13.7. The van der Waals surface area contributed by atoms with Crippen molar-refractivity contribution < 1.29 is 0 Å². The molecule has 0 fully saturated rings. The molecule has 75 heavy (non-hydrogen) atoms. The van der Waals surface area contributed by atoms with Crippen LogP contribution in [0.4, 0.5) is 17.1 Å². The summed E-state index contributed by atoms with van der Waals surface area (Å²) in [5, 5.41) is 0. The van der Waals surface area contributed by atoms with Crippen molar-refractivity contribution in [2.75, 3.05) is 4.90 Å². The Morgan fingerprint density at radius 1 is 0.213 bits per heavy atom. The van der Waals surface area contributed by atoms with Crippen LogP contribution in [-0.4, -0.2) is 0 Å². The molecular formula is C74H49N. The number of nitrogens with zero attached hydrogens (tertiary/aromatic N) is 1. The van der Waals surface area contributed by atoms with E-state index < -0.39 is 10.8 Å². The number of hydrogen-bond acceptors (Lipinski definition) is 1. The summed E-state index contributed by atoms with van der Waals surface area (Å²) in [6.07, 6.45) is 0. The van der Waals surface area contributed by atoms with Crippen LogP contribution in [0.2, 0.25) is 0 Å². The minimum atomic E-state index is -0.534. The Morgan fingerprint density at radius 2 is 0.587 bits per heavy atom. The van der Waals surface area contributed by atoms with Crippen LogP contribution in [0.1, 0.15) is 44.5 Å². The molecule has 3 aliphatic carbocycles. The summed E-state index contributed by atoms with van der Waals surface area (Å²) < 4.78 is 0. The van der Waals surface area contributed by atoms with Gasteiger partial charge in [-0.05, 0) is 124 Å². The topological polar surface area (TPSA) is 3.24 Å². The molecule has 0 amide bonds. The largest absolute Gasteiger partial charge is 0.309 e. The molecular weight excluding hydrogens is 903 g/mol. The van der Waals surface area contributed by atoms with E-state index in [9.17, 15) is 0 Å². The van der Waals surface area contributed by atoms with Crippen LogP contribution in [0, 0.1) is 0 Å². The van der Waals surface area contributed by atoms with E-state index >= 15 is 0 Å². The molecule has 12 aromatic carbocycles. The number of fused-ring (bicyclic) bond motifs is 13. The third-order valence-electron chi connectivity index (χ3n) is 16.6. The molecule has 350 valence electrons. The van der Waals surface area contributed by atoms with Crippen LogP contribution in [0.5, 0.6) is 0 Å². The van der Waals surface area contributed by atoms with Crippen LogP contribution in [0.3, 0.4) is 0 Å². The molecule has 0 heterocycles. The van der Waals surface area contributed by atoms with Crippen molar-refractivity contribution in [1.29, 1.82) is 0 Å². The highest BCUT2D eigenvalue weighted by Gasteiger charge is 2.53. The predicted molar refractivity (Wildman–Crippen MR) is 311 cm³/mol. The summed E-state index contributed by atoms with van der Waals surface area (Å²) in [6.45, 7) is 0. The first-order valence-electron chi connectivity index (χ1n) is 26.2. The lowest BCUT2D eigenvalue weighted by Crippen LogP contribution is -2.28. The van der Waals surface area contributed by atoms with E-state index in [0.29, 0.717) is 0 Å². The van der Waals surface area contributed by atoms with Gasteiger partial charge in [-0.2, -0.15) is 0 Å². The fraction of sp³-hybridized carbons (Fsp3) is 0.0270. The molecule has 0 saturated carbocycles. The van der Waals surface area contributed by atoms with Crippen LogP contribution < -0.4 is 4.90 Å². The van der Waals surface area contributed by atoms with Crippen LogP contribution in [0.15, 0.2) is 297 Å². The maximum absolute atomic E-state index is 2.61. The van der Waals surface area contributed by atoms with Crippen LogP contribution >= 0.6 is 0 Å². The lowest BCUT2D eigenvalue weighted by molar-refractivity contribution is 0.768. The zero-order valence-corrected chi connectivity index (χ0v) is 41.2. The smallest absolute Gasteiger partial charge is 0.0726 e. The molecule has 1 nitrogen and oxygen atoms in total. The molecule has 0 aliphatic heterocycles. The number of anilines is 3. The third-order valence-corrected chi connectivity index (χ3v) is 16.6. The minimum absolute atomic E-state index is 0.517. The second kappa shape index (κ2) is 17.0. The van der Waals surface area contributed by atoms with E-state index in [1.54, 1.807) is 0 Å². The molecule has 12 aromatic rings. The van der Waals surface area contributed by atoms with Gasteiger partial charge in [-0.25, -0.2) is 0 Å². The van der Waals surface area contributed by atoms with E-state index in [4.69, 9.17) is 0 Å². The minimum Gasteiger partial charge on any atom is -0.309 e. The maximum Gasteiger partial charge on any atom is 0.0726 e. The monoisotopic (exact) mass is 951 g/mol. The summed E-state index contributed by atoms with van der Waals surface area (Å²) in [5.41, 5.74) is 27.2. The van der Waals surface area contributed by atoms with Gasteiger partial charge < -0.3 is 4.90 Å². The first kappa shape index (κ1) is 43.1. The van der Waals surface area contributed by atoms with Crippen molar-refractivity contribution in [1.82, 2.24) is 0 Å². The van der Waals surface area contributed by atoms with Gasteiger partial charge in [0, 0.05) is 16.8 Å². The molecule has 0 atom stereocenters. The second-order valence-electron chi connectivity index (χ2n) is 20.2. The number of hydrogen-bond donors (Lipinski definition) is 0. The van der Waals surface area contributed by atoms with Gasteiger partial charge in [-0.15, -0.1) is 0 Å². The van der Waals surface area contributed by atoms with Gasteiger partial charge in [0.1, 0.15) is 0 Å². The third kappa shape index (κ3) is 6.13. The quantitative estimate of drug-likeness (QED) is 0.147. The van der Waals surface area contributed by atoms with Gasteiger partial charge in [0.05, 0.1) is 22.2 Å². The highest BCUT2D eigenvalue weighted by molar-refractivity contribution is 6.06. The Morgan fingerprint density at radius 3 is 1.16 bits per heavy atom. The Hall–Kier alpha value is -9.56. The van der Waals surface area contributed by atoms with Gasteiger partial charge in [0.15, 0.2) is 0 Å². The molecule has 0 radical (unpaired) electrons. The number of rotatable bonds is 8. The first-order chi connectivity index (χ1) is 37.3. The van der Waals surface area contributed by atoms with Gasteiger partial charge in [-0.1, -0.05) is 273 Å². The van der Waals surface area contributed by atoms with Crippen LogP contribution in [-0.2, 0) is 10.8 Å². The van der Waals surface area contributed by atoms with Crippen molar-refractivity contribution in [3.05, 3.63) is 342 Å². The summed E-state index contributed by atoms with van der Waals surface area (Å²) >= 11 is 0. The highest BCUT2D eigenvalue weighted by atomic mass is 15.1. The molecule has 0 saturated heterocycles. The molecule has 3 aliphatic rings.